The van der Waals surface area contributed by atoms with E-state index in [1.54, 1.807) is 18.3 Å². The Morgan fingerprint density at radius 3 is 2.96 bits per heavy atom. The number of nitrogens with zero attached hydrogens (tertiary/aromatic N) is 3. The van der Waals surface area contributed by atoms with Crippen LogP contribution < -0.4 is 10.9 Å². The van der Waals surface area contributed by atoms with Crippen LogP contribution in [-0.2, 0) is 24.2 Å². The standard InChI is InChI=1S/C18H20N4O2S/c1-18(9-19,11-6-7-11)21-14(23)8-22-10-20-16-15(17(22)24)12-4-2-3-5-13(12)25-16/h10-11H,2-8H2,1H3,(H,21,23). The average molecular weight is 356 g/mol. The lowest BCUT2D eigenvalue weighted by Gasteiger charge is -2.23. The minimum Gasteiger partial charge on any atom is -0.336 e. The summed E-state index contributed by atoms with van der Waals surface area (Å²) in [5.41, 5.74) is 0.128. The maximum atomic E-state index is 12.9. The van der Waals surface area contributed by atoms with Gasteiger partial charge in [0, 0.05) is 4.88 Å². The molecule has 1 N–H and O–H groups in total. The number of hydrogen-bond acceptors (Lipinski definition) is 5. The summed E-state index contributed by atoms with van der Waals surface area (Å²) in [4.78, 5) is 31.7. The van der Waals surface area contributed by atoms with Gasteiger partial charge in [0.15, 0.2) is 0 Å². The molecule has 7 heteroatoms. The molecule has 1 unspecified atom stereocenters. The van der Waals surface area contributed by atoms with Crippen molar-refractivity contribution in [3.63, 3.8) is 0 Å². The van der Waals surface area contributed by atoms with Crippen LogP contribution in [0.4, 0.5) is 0 Å². The van der Waals surface area contributed by atoms with Crippen molar-refractivity contribution < 1.29 is 4.79 Å². The largest absolute Gasteiger partial charge is 0.336 e. The Kier molecular flexibility index (Phi) is 3.88. The highest BCUT2D eigenvalue weighted by atomic mass is 32.1. The highest BCUT2D eigenvalue weighted by Gasteiger charge is 2.43. The number of nitrogens with one attached hydrogen (secondary N) is 1. The van der Waals surface area contributed by atoms with Crippen LogP contribution in [0.3, 0.4) is 0 Å². The van der Waals surface area contributed by atoms with E-state index in [-0.39, 0.29) is 23.9 Å². The quantitative estimate of drug-likeness (QED) is 0.909. The number of carbonyl (C=O) groups is 1. The first-order valence-electron chi connectivity index (χ1n) is 8.74. The van der Waals surface area contributed by atoms with Crippen molar-refractivity contribution in [2.45, 2.75) is 57.5 Å². The van der Waals surface area contributed by atoms with Crippen LogP contribution in [-0.4, -0.2) is 21.0 Å². The lowest BCUT2D eigenvalue weighted by Crippen LogP contribution is -2.48. The fourth-order valence-electron chi connectivity index (χ4n) is 3.66. The topological polar surface area (TPSA) is 87.8 Å². The first-order valence-corrected chi connectivity index (χ1v) is 9.55. The van der Waals surface area contributed by atoms with E-state index in [0.29, 0.717) is 5.39 Å². The highest BCUT2D eigenvalue weighted by Crippen LogP contribution is 2.39. The van der Waals surface area contributed by atoms with Crippen molar-refractivity contribution in [2.24, 2.45) is 5.92 Å². The molecule has 2 heterocycles. The zero-order valence-corrected chi connectivity index (χ0v) is 15.0. The van der Waals surface area contributed by atoms with Crippen molar-refractivity contribution in [2.75, 3.05) is 0 Å². The van der Waals surface area contributed by atoms with Gasteiger partial charge >= 0.3 is 0 Å². The molecule has 2 aromatic heterocycles. The number of hydrogen-bond donors (Lipinski definition) is 1. The maximum Gasteiger partial charge on any atom is 0.262 e. The van der Waals surface area contributed by atoms with Gasteiger partial charge in [0.2, 0.25) is 5.91 Å². The van der Waals surface area contributed by atoms with Gasteiger partial charge in [-0.25, -0.2) is 4.98 Å². The Bertz CT molecular complexity index is 950. The van der Waals surface area contributed by atoms with Crippen LogP contribution in [0.1, 0.15) is 43.0 Å². The van der Waals surface area contributed by atoms with E-state index in [4.69, 9.17) is 0 Å². The summed E-state index contributed by atoms with van der Waals surface area (Å²) >= 11 is 1.60. The fraction of sp³-hybridized carbons (Fsp3) is 0.556. The van der Waals surface area contributed by atoms with E-state index >= 15 is 0 Å². The van der Waals surface area contributed by atoms with E-state index in [0.717, 1.165) is 48.9 Å². The molecule has 4 rings (SSSR count). The van der Waals surface area contributed by atoms with Crippen molar-refractivity contribution >= 4 is 27.5 Å². The summed E-state index contributed by atoms with van der Waals surface area (Å²) in [5.74, 6) is -0.106. The molecule has 1 atom stereocenters. The van der Waals surface area contributed by atoms with Gasteiger partial charge in [0.05, 0.1) is 17.8 Å². The Balaban J connectivity index is 1.61. The summed E-state index contributed by atoms with van der Waals surface area (Å²) in [6.45, 7) is 1.65. The monoisotopic (exact) mass is 356 g/mol. The number of carbonyl (C=O) groups excluding carboxylic acids is 1. The molecule has 1 amide bonds. The molecular weight excluding hydrogens is 336 g/mol. The third-order valence-electron chi connectivity index (χ3n) is 5.28. The average Bonchev–Trinajstić information content (AvgIpc) is 3.38. The first kappa shape index (κ1) is 16.3. The van der Waals surface area contributed by atoms with Gasteiger partial charge in [0.25, 0.3) is 5.56 Å². The van der Waals surface area contributed by atoms with E-state index in [1.807, 2.05) is 0 Å². The number of aromatic nitrogens is 2. The molecule has 0 aromatic carbocycles. The van der Waals surface area contributed by atoms with Crippen LogP contribution in [0.5, 0.6) is 0 Å². The van der Waals surface area contributed by atoms with Gasteiger partial charge in [-0.3, -0.25) is 14.2 Å². The number of amides is 1. The summed E-state index contributed by atoms with van der Waals surface area (Å²) in [6, 6.07) is 2.20. The lowest BCUT2D eigenvalue weighted by atomic mass is 9.97. The number of nitriles is 1. The van der Waals surface area contributed by atoms with Crippen LogP contribution in [0, 0.1) is 17.2 Å². The summed E-state index contributed by atoms with van der Waals surface area (Å²) in [6.07, 6.45) is 7.54. The van der Waals surface area contributed by atoms with Crippen molar-refractivity contribution in [1.82, 2.24) is 14.9 Å². The Labute approximate surface area is 149 Å². The molecule has 0 spiro atoms. The predicted molar refractivity (Wildman–Crippen MR) is 95.4 cm³/mol. The molecule has 1 fully saturated rings. The summed E-state index contributed by atoms with van der Waals surface area (Å²) in [7, 11) is 0. The second-order valence-corrected chi connectivity index (χ2v) is 8.29. The van der Waals surface area contributed by atoms with Crippen molar-refractivity contribution in [3.05, 3.63) is 27.1 Å². The number of aryl methyl sites for hydroxylation is 2. The molecule has 2 aliphatic rings. The first-order chi connectivity index (χ1) is 12.0. The highest BCUT2D eigenvalue weighted by molar-refractivity contribution is 7.18. The Morgan fingerprint density at radius 1 is 1.48 bits per heavy atom. The molecule has 25 heavy (non-hydrogen) atoms. The van der Waals surface area contributed by atoms with Gasteiger partial charge in [-0.2, -0.15) is 5.26 Å². The molecule has 1 saturated carbocycles. The van der Waals surface area contributed by atoms with Crippen molar-refractivity contribution in [1.29, 1.82) is 5.26 Å². The van der Waals surface area contributed by atoms with Crippen LogP contribution in [0.25, 0.3) is 10.2 Å². The van der Waals surface area contributed by atoms with Crippen LogP contribution >= 0.6 is 11.3 Å². The molecule has 6 nitrogen and oxygen atoms in total. The number of fused-ring (bicyclic) bond motifs is 3. The minimum atomic E-state index is -0.847. The molecule has 0 bridgehead atoms. The molecule has 0 aliphatic heterocycles. The molecule has 2 aliphatic carbocycles. The van der Waals surface area contributed by atoms with Crippen LogP contribution in [0.15, 0.2) is 11.1 Å². The Morgan fingerprint density at radius 2 is 2.24 bits per heavy atom. The molecule has 0 radical (unpaired) electrons. The SMILES string of the molecule is CC(C#N)(NC(=O)Cn1cnc2sc3c(c2c1=O)CCCC3)C1CC1. The summed E-state index contributed by atoms with van der Waals surface area (Å²) in [5, 5.41) is 12.8. The van der Waals surface area contributed by atoms with Gasteiger partial charge in [-0.15, -0.1) is 11.3 Å². The zero-order valence-electron chi connectivity index (χ0n) is 14.2. The predicted octanol–water partition coefficient (Wildman–Crippen LogP) is 2.15. The third kappa shape index (κ3) is 2.85. The minimum absolute atomic E-state index is 0.101. The second-order valence-electron chi connectivity index (χ2n) is 7.21. The van der Waals surface area contributed by atoms with Crippen molar-refractivity contribution in [3.8, 4) is 6.07 Å². The van der Waals surface area contributed by atoms with Gasteiger partial charge in [-0.1, -0.05) is 0 Å². The van der Waals surface area contributed by atoms with Gasteiger partial charge in [0.1, 0.15) is 16.9 Å². The molecule has 2 aromatic rings. The maximum absolute atomic E-state index is 12.9. The molecule has 0 saturated heterocycles. The fourth-order valence-corrected chi connectivity index (χ4v) is 4.88. The normalized spacial score (nSPS) is 19.0. The van der Waals surface area contributed by atoms with E-state index in [2.05, 4.69) is 16.4 Å². The van der Waals surface area contributed by atoms with E-state index < -0.39 is 5.54 Å². The second kappa shape index (κ2) is 5.95. The zero-order chi connectivity index (χ0) is 17.6. The Hall–Kier alpha value is -2.20. The van der Waals surface area contributed by atoms with E-state index in [9.17, 15) is 14.9 Å². The molecule has 130 valence electrons. The smallest absolute Gasteiger partial charge is 0.262 e. The van der Waals surface area contributed by atoms with Gasteiger partial charge in [-0.05, 0) is 56.9 Å². The number of rotatable bonds is 4. The number of thiophene rings is 1. The lowest BCUT2D eigenvalue weighted by molar-refractivity contribution is -0.123. The van der Waals surface area contributed by atoms with Crippen LogP contribution in [0.2, 0.25) is 0 Å². The summed E-state index contributed by atoms with van der Waals surface area (Å²) < 4.78 is 1.37. The third-order valence-corrected chi connectivity index (χ3v) is 6.48. The van der Waals surface area contributed by atoms with E-state index in [1.165, 1.54) is 15.8 Å². The molecular formula is C18H20N4O2S. The van der Waals surface area contributed by atoms with Gasteiger partial charge < -0.3 is 5.32 Å².